The molecule has 0 bridgehead atoms. The van der Waals surface area contributed by atoms with Gasteiger partial charge in [0.2, 0.25) is 0 Å². The Labute approximate surface area is 150 Å². The maximum Gasteiger partial charge on any atom is 0.183 e. The molecular formula is C19H21ClN3P. The monoisotopic (exact) mass is 357 g/mol. The fourth-order valence-electron chi connectivity index (χ4n) is 2.18. The topological polar surface area (TPSA) is 75.9 Å². The van der Waals surface area contributed by atoms with E-state index < -0.39 is 7.92 Å². The van der Waals surface area contributed by atoms with Gasteiger partial charge in [0.1, 0.15) is 0 Å². The summed E-state index contributed by atoms with van der Waals surface area (Å²) in [6, 6.07) is 32.3. The molecule has 0 saturated carbocycles. The Kier molecular flexibility index (Phi) is 8.56. The fourth-order valence-corrected chi connectivity index (χ4v) is 4.48. The summed E-state index contributed by atoms with van der Waals surface area (Å²) >= 11 is 0. The number of rotatable bonds is 3. The minimum absolute atomic E-state index is 0. The molecule has 5 heteroatoms. The Hall–Kier alpha value is -2.35. The second-order valence-electron chi connectivity index (χ2n) is 4.80. The van der Waals surface area contributed by atoms with Gasteiger partial charge in [-0.1, -0.05) is 91.0 Å². The lowest BCUT2D eigenvalue weighted by Crippen LogP contribution is -2.20. The lowest BCUT2D eigenvalue weighted by atomic mass is 10.4. The zero-order valence-electron chi connectivity index (χ0n) is 13.2. The summed E-state index contributed by atoms with van der Waals surface area (Å²) in [5, 5.41) is 10.2. The van der Waals surface area contributed by atoms with Gasteiger partial charge in [-0.15, -0.1) is 12.4 Å². The molecule has 0 atom stereocenters. The van der Waals surface area contributed by atoms with Crippen LogP contribution in [-0.4, -0.2) is 5.96 Å². The Morgan fingerprint density at radius 2 is 0.792 bits per heavy atom. The first-order valence-electron chi connectivity index (χ1n) is 7.23. The van der Waals surface area contributed by atoms with Gasteiger partial charge in [0.15, 0.2) is 5.96 Å². The molecule has 3 rings (SSSR count). The van der Waals surface area contributed by atoms with Crippen molar-refractivity contribution in [3.63, 3.8) is 0 Å². The molecule has 0 aliphatic heterocycles. The van der Waals surface area contributed by atoms with Crippen molar-refractivity contribution < 1.29 is 0 Å². The number of benzene rings is 3. The highest BCUT2D eigenvalue weighted by atomic mass is 35.5. The Morgan fingerprint density at radius 3 is 1.00 bits per heavy atom. The number of halogens is 1. The molecule has 0 aliphatic carbocycles. The van der Waals surface area contributed by atoms with E-state index >= 15 is 0 Å². The summed E-state index contributed by atoms with van der Waals surface area (Å²) in [5.41, 5.74) is 8.94. The molecule has 3 aromatic carbocycles. The zero-order chi connectivity index (χ0) is 16.5. The third kappa shape index (κ3) is 6.04. The van der Waals surface area contributed by atoms with Crippen LogP contribution in [0.4, 0.5) is 0 Å². The highest BCUT2D eigenvalue weighted by molar-refractivity contribution is 7.79. The van der Waals surface area contributed by atoms with Gasteiger partial charge in [-0.05, 0) is 23.8 Å². The van der Waals surface area contributed by atoms with Crippen molar-refractivity contribution in [1.82, 2.24) is 0 Å². The van der Waals surface area contributed by atoms with E-state index in [1.165, 1.54) is 15.9 Å². The molecule has 0 aromatic heterocycles. The van der Waals surface area contributed by atoms with Crippen LogP contribution in [0.3, 0.4) is 0 Å². The first kappa shape index (κ1) is 19.7. The molecule has 0 saturated heterocycles. The van der Waals surface area contributed by atoms with E-state index in [4.69, 9.17) is 5.41 Å². The SMILES string of the molecule is Cl.N=C(N)N.c1ccc(P(c2ccccc2)c2ccccc2)cc1. The summed E-state index contributed by atoms with van der Waals surface area (Å²) in [5.74, 6) is -0.333. The molecule has 0 radical (unpaired) electrons. The number of nitrogens with two attached hydrogens (primary N) is 2. The van der Waals surface area contributed by atoms with Crippen molar-refractivity contribution in [2.75, 3.05) is 0 Å². The average molecular weight is 358 g/mol. The van der Waals surface area contributed by atoms with Crippen molar-refractivity contribution in [2.45, 2.75) is 0 Å². The van der Waals surface area contributed by atoms with E-state index in [1.807, 2.05) is 0 Å². The minimum Gasteiger partial charge on any atom is -0.370 e. The summed E-state index contributed by atoms with van der Waals surface area (Å²) in [7, 11) is -0.446. The van der Waals surface area contributed by atoms with Crippen LogP contribution in [0.15, 0.2) is 91.0 Å². The van der Waals surface area contributed by atoms with Crippen molar-refractivity contribution in [2.24, 2.45) is 11.5 Å². The predicted molar refractivity (Wildman–Crippen MR) is 108 cm³/mol. The number of hydrogen-bond donors (Lipinski definition) is 3. The first-order chi connectivity index (χ1) is 11.2. The second kappa shape index (κ2) is 10.4. The highest BCUT2D eigenvalue weighted by Crippen LogP contribution is 2.32. The van der Waals surface area contributed by atoms with Crippen LogP contribution in [0.2, 0.25) is 0 Å². The van der Waals surface area contributed by atoms with E-state index in [-0.39, 0.29) is 18.4 Å². The van der Waals surface area contributed by atoms with Crippen molar-refractivity contribution in [3.05, 3.63) is 91.0 Å². The molecule has 124 valence electrons. The van der Waals surface area contributed by atoms with Crippen LogP contribution in [0.25, 0.3) is 0 Å². The Balaban J connectivity index is 0.000000522. The van der Waals surface area contributed by atoms with E-state index in [1.54, 1.807) is 0 Å². The molecule has 24 heavy (non-hydrogen) atoms. The fraction of sp³-hybridized carbons (Fsp3) is 0. The van der Waals surface area contributed by atoms with Gasteiger partial charge in [0.05, 0.1) is 0 Å². The molecule has 0 fully saturated rings. The molecule has 0 aliphatic rings. The Bertz CT molecular complexity index is 623. The molecule has 0 unspecified atom stereocenters. The van der Waals surface area contributed by atoms with E-state index in [9.17, 15) is 0 Å². The van der Waals surface area contributed by atoms with Gasteiger partial charge in [0.25, 0.3) is 0 Å². The Morgan fingerprint density at radius 1 is 0.583 bits per heavy atom. The van der Waals surface area contributed by atoms with Gasteiger partial charge in [-0.25, -0.2) is 0 Å². The van der Waals surface area contributed by atoms with Crippen LogP contribution in [0, 0.1) is 5.41 Å². The number of guanidine groups is 1. The molecule has 3 nitrogen and oxygen atoms in total. The molecule has 0 spiro atoms. The predicted octanol–water partition coefficient (Wildman–Crippen LogP) is 2.71. The van der Waals surface area contributed by atoms with Crippen LogP contribution >= 0.6 is 20.3 Å². The van der Waals surface area contributed by atoms with Gasteiger partial charge in [0, 0.05) is 0 Å². The van der Waals surface area contributed by atoms with Crippen LogP contribution in [0.5, 0.6) is 0 Å². The van der Waals surface area contributed by atoms with E-state index in [0.29, 0.717) is 0 Å². The zero-order valence-corrected chi connectivity index (χ0v) is 14.9. The highest BCUT2D eigenvalue weighted by Gasteiger charge is 2.14. The quantitative estimate of drug-likeness (QED) is 0.383. The van der Waals surface area contributed by atoms with Crippen LogP contribution in [-0.2, 0) is 0 Å². The number of nitrogens with one attached hydrogen (secondary N) is 1. The van der Waals surface area contributed by atoms with Crippen molar-refractivity contribution in [1.29, 1.82) is 5.41 Å². The lowest BCUT2D eigenvalue weighted by molar-refractivity contribution is 1.39. The van der Waals surface area contributed by atoms with E-state index in [0.717, 1.165) is 0 Å². The van der Waals surface area contributed by atoms with E-state index in [2.05, 4.69) is 102 Å². The van der Waals surface area contributed by atoms with Gasteiger partial charge in [-0.3, -0.25) is 5.41 Å². The summed E-state index contributed by atoms with van der Waals surface area (Å²) in [4.78, 5) is 0. The van der Waals surface area contributed by atoms with Gasteiger partial charge < -0.3 is 11.5 Å². The third-order valence-electron chi connectivity index (χ3n) is 3.04. The minimum atomic E-state index is -0.446. The van der Waals surface area contributed by atoms with Gasteiger partial charge in [-0.2, -0.15) is 0 Å². The number of hydrogen-bond acceptors (Lipinski definition) is 1. The smallest absolute Gasteiger partial charge is 0.183 e. The van der Waals surface area contributed by atoms with Crippen molar-refractivity contribution >= 4 is 42.2 Å². The summed E-state index contributed by atoms with van der Waals surface area (Å²) in [6.45, 7) is 0. The lowest BCUT2D eigenvalue weighted by Gasteiger charge is -2.18. The summed E-state index contributed by atoms with van der Waals surface area (Å²) in [6.07, 6.45) is 0. The normalized spacial score (nSPS) is 9.38. The van der Waals surface area contributed by atoms with Crippen LogP contribution in [0.1, 0.15) is 0 Å². The molecule has 0 amide bonds. The second-order valence-corrected chi connectivity index (χ2v) is 7.02. The molecule has 5 N–H and O–H groups in total. The average Bonchev–Trinajstić information content (AvgIpc) is 2.58. The van der Waals surface area contributed by atoms with Crippen molar-refractivity contribution in [3.8, 4) is 0 Å². The largest absolute Gasteiger partial charge is 0.370 e. The summed E-state index contributed by atoms with van der Waals surface area (Å²) < 4.78 is 0. The first-order valence-corrected chi connectivity index (χ1v) is 8.57. The molecule has 0 heterocycles. The standard InChI is InChI=1S/C18H15P.CH5N3.ClH/c1-4-10-16(11-5-1)19(17-12-6-2-7-13-17)18-14-8-3-9-15-18;2-1(3)4;/h1-15H;(H5,2,3,4);1H. The molecular weight excluding hydrogens is 337 g/mol. The van der Waals surface area contributed by atoms with Crippen LogP contribution < -0.4 is 27.4 Å². The van der Waals surface area contributed by atoms with Gasteiger partial charge >= 0.3 is 0 Å². The maximum atomic E-state index is 6.06. The third-order valence-corrected chi connectivity index (χ3v) is 5.49. The maximum absolute atomic E-state index is 6.06. The molecule has 3 aromatic rings.